The van der Waals surface area contributed by atoms with Crippen LogP contribution in [0.3, 0.4) is 0 Å². The molecule has 1 aromatic rings. The predicted octanol–water partition coefficient (Wildman–Crippen LogP) is 4.54. The van der Waals surface area contributed by atoms with Gasteiger partial charge in [0.25, 0.3) is 0 Å². The van der Waals surface area contributed by atoms with Gasteiger partial charge in [-0.25, -0.2) is 0 Å². The van der Waals surface area contributed by atoms with Gasteiger partial charge >= 0.3 is 0 Å². The lowest BCUT2D eigenvalue weighted by atomic mass is 9.59. The van der Waals surface area contributed by atoms with E-state index in [-0.39, 0.29) is 0 Å². The van der Waals surface area contributed by atoms with Crippen LogP contribution in [0.4, 0.5) is 0 Å². The molecule has 0 spiro atoms. The summed E-state index contributed by atoms with van der Waals surface area (Å²) in [6.07, 6.45) is 9.93. The Hall–Kier alpha value is -0.820. The quantitative estimate of drug-likeness (QED) is 0.763. The van der Waals surface area contributed by atoms with Crippen LogP contribution in [0.1, 0.15) is 56.1 Å². The van der Waals surface area contributed by atoms with E-state index < -0.39 is 0 Å². The molecule has 1 aliphatic carbocycles. The van der Waals surface area contributed by atoms with Crippen LogP contribution in [0.2, 0.25) is 0 Å². The van der Waals surface area contributed by atoms with Gasteiger partial charge in [-0.15, -0.1) is 0 Å². The Kier molecular flexibility index (Phi) is 4.16. The van der Waals surface area contributed by atoms with Crippen LogP contribution in [0.15, 0.2) is 24.3 Å². The fourth-order valence-corrected chi connectivity index (χ4v) is 4.56. The Morgan fingerprint density at radius 1 is 0.950 bits per heavy atom. The maximum absolute atomic E-state index is 2.50. The molecule has 0 radical (unpaired) electrons. The van der Waals surface area contributed by atoms with Crippen molar-refractivity contribution in [1.29, 1.82) is 0 Å². The van der Waals surface area contributed by atoms with Gasteiger partial charge in [-0.3, -0.25) is 0 Å². The lowest BCUT2D eigenvalue weighted by molar-refractivity contribution is 0.112. The molecule has 1 saturated heterocycles. The fraction of sp³-hybridized carbons (Fsp3) is 0.684. The van der Waals surface area contributed by atoms with Crippen molar-refractivity contribution in [2.75, 3.05) is 20.1 Å². The van der Waals surface area contributed by atoms with Crippen molar-refractivity contribution in [2.24, 2.45) is 5.92 Å². The molecular weight excluding hydrogens is 242 g/mol. The Morgan fingerprint density at radius 3 is 2.15 bits per heavy atom. The highest BCUT2D eigenvalue weighted by atomic mass is 15.1. The van der Waals surface area contributed by atoms with E-state index in [9.17, 15) is 0 Å². The molecule has 110 valence electrons. The molecule has 0 N–H and O–H groups in total. The van der Waals surface area contributed by atoms with Crippen LogP contribution in [0.25, 0.3) is 0 Å². The summed E-state index contributed by atoms with van der Waals surface area (Å²) < 4.78 is 0. The van der Waals surface area contributed by atoms with E-state index in [1.807, 2.05) is 0 Å². The molecule has 0 aromatic heterocycles. The van der Waals surface area contributed by atoms with E-state index in [0.717, 1.165) is 5.92 Å². The molecule has 0 bridgehead atoms. The zero-order valence-electron chi connectivity index (χ0n) is 13.2. The van der Waals surface area contributed by atoms with Gasteiger partial charge in [0.05, 0.1) is 0 Å². The third-order valence-corrected chi connectivity index (χ3v) is 5.87. The summed E-state index contributed by atoms with van der Waals surface area (Å²) in [6.45, 7) is 4.78. The Labute approximate surface area is 124 Å². The summed E-state index contributed by atoms with van der Waals surface area (Å²) in [7, 11) is 2.27. The summed E-state index contributed by atoms with van der Waals surface area (Å²) in [5.41, 5.74) is 3.52. The summed E-state index contributed by atoms with van der Waals surface area (Å²) in [5.74, 6) is 0.904. The van der Waals surface area contributed by atoms with Crippen molar-refractivity contribution >= 4 is 0 Å². The second kappa shape index (κ2) is 5.89. The number of rotatable bonds is 2. The van der Waals surface area contributed by atoms with Gasteiger partial charge < -0.3 is 4.90 Å². The maximum atomic E-state index is 2.50. The lowest BCUT2D eigenvalue weighted by Crippen LogP contribution is -2.43. The zero-order valence-corrected chi connectivity index (χ0v) is 13.2. The predicted molar refractivity (Wildman–Crippen MR) is 86.2 cm³/mol. The SMILES string of the molecule is Cc1ccc(C2(C3CCN(C)CC3)CCCCC2)cc1. The Morgan fingerprint density at radius 2 is 1.55 bits per heavy atom. The van der Waals surface area contributed by atoms with Gasteiger partial charge in [-0.05, 0) is 69.6 Å². The smallest absolute Gasteiger partial charge is 0.00178 e. The molecular formula is C19H29N. The van der Waals surface area contributed by atoms with Gasteiger partial charge in [-0.2, -0.15) is 0 Å². The Balaban J connectivity index is 1.89. The van der Waals surface area contributed by atoms with Crippen molar-refractivity contribution < 1.29 is 0 Å². The summed E-state index contributed by atoms with van der Waals surface area (Å²) in [6, 6.07) is 9.50. The first kappa shape index (κ1) is 14.1. The minimum Gasteiger partial charge on any atom is -0.306 e. The molecule has 1 heteroatoms. The summed E-state index contributed by atoms with van der Waals surface area (Å²) in [4.78, 5) is 2.50. The van der Waals surface area contributed by atoms with Gasteiger partial charge in [-0.1, -0.05) is 49.1 Å². The van der Waals surface area contributed by atoms with Crippen molar-refractivity contribution in [3.8, 4) is 0 Å². The van der Waals surface area contributed by atoms with Crippen molar-refractivity contribution in [2.45, 2.75) is 57.3 Å². The topological polar surface area (TPSA) is 3.24 Å². The van der Waals surface area contributed by atoms with E-state index in [0.29, 0.717) is 5.41 Å². The second-order valence-electron chi connectivity index (χ2n) is 7.16. The third kappa shape index (κ3) is 2.65. The molecule has 1 heterocycles. The number of nitrogens with zero attached hydrogens (tertiary/aromatic N) is 1. The third-order valence-electron chi connectivity index (χ3n) is 5.87. The number of hydrogen-bond acceptors (Lipinski definition) is 1. The molecule has 2 fully saturated rings. The van der Waals surface area contributed by atoms with Crippen LogP contribution >= 0.6 is 0 Å². The van der Waals surface area contributed by atoms with E-state index in [2.05, 4.69) is 43.1 Å². The van der Waals surface area contributed by atoms with Crippen molar-refractivity contribution in [3.63, 3.8) is 0 Å². The minimum atomic E-state index is 0.493. The van der Waals surface area contributed by atoms with Crippen molar-refractivity contribution in [3.05, 3.63) is 35.4 Å². The number of aryl methyl sites for hydroxylation is 1. The fourth-order valence-electron chi connectivity index (χ4n) is 4.56. The monoisotopic (exact) mass is 271 g/mol. The molecule has 0 atom stereocenters. The van der Waals surface area contributed by atoms with E-state index in [1.54, 1.807) is 5.56 Å². The normalized spacial score (nSPS) is 24.7. The summed E-state index contributed by atoms with van der Waals surface area (Å²) in [5, 5.41) is 0. The van der Waals surface area contributed by atoms with Gasteiger partial charge in [0.1, 0.15) is 0 Å². The average molecular weight is 271 g/mol. The lowest BCUT2D eigenvalue weighted by Gasteiger charge is -2.47. The number of piperidine rings is 1. The number of benzene rings is 1. The molecule has 1 nitrogen and oxygen atoms in total. The molecule has 0 unspecified atom stereocenters. The maximum Gasteiger partial charge on any atom is -0.00178 e. The molecule has 1 aromatic carbocycles. The van der Waals surface area contributed by atoms with E-state index in [4.69, 9.17) is 0 Å². The zero-order chi connectivity index (χ0) is 14.0. The first-order chi connectivity index (χ1) is 9.71. The molecule has 20 heavy (non-hydrogen) atoms. The molecule has 3 rings (SSSR count). The molecule has 1 aliphatic heterocycles. The minimum absolute atomic E-state index is 0.493. The highest BCUT2D eigenvalue weighted by Gasteiger charge is 2.41. The molecule has 1 saturated carbocycles. The highest BCUT2D eigenvalue weighted by Crippen LogP contribution is 2.48. The molecule has 0 amide bonds. The van der Waals surface area contributed by atoms with Gasteiger partial charge in [0.15, 0.2) is 0 Å². The van der Waals surface area contributed by atoms with Crippen LogP contribution in [0, 0.1) is 12.8 Å². The molecule has 2 aliphatic rings. The van der Waals surface area contributed by atoms with Crippen LogP contribution in [-0.2, 0) is 5.41 Å². The van der Waals surface area contributed by atoms with Gasteiger partial charge in [0.2, 0.25) is 0 Å². The average Bonchev–Trinajstić information content (AvgIpc) is 2.49. The number of likely N-dealkylation sites (tertiary alicyclic amines) is 1. The first-order valence-electron chi connectivity index (χ1n) is 8.46. The first-order valence-corrected chi connectivity index (χ1v) is 8.46. The van der Waals surface area contributed by atoms with Gasteiger partial charge in [0, 0.05) is 0 Å². The second-order valence-corrected chi connectivity index (χ2v) is 7.16. The van der Waals surface area contributed by atoms with Crippen molar-refractivity contribution in [1.82, 2.24) is 4.90 Å². The standard InChI is InChI=1S/C19H29N/c1-16-6-8-17(9-7-16)19(12-4-3-5-13-19)18-10-14-20(2)15-11-18/h6-9,18H,3-5,10-15H2,1-2H3. The van der Waals surface area contributed by atoms with Crippen LogP contribution in [0.5, 0.6) is 0 Å². The largest absolute Gasteiger partial charge is 0.306 e. The van der Waals surface area contributed by atoms with E-state index >= 15 is 0 Å². The van der Waals surface area contributed by atoms with Crippen LogP contribution < -0.4 is 0 Å². The van der Waals surface area contributed by atoms with Crippen LogP contribution in [-0.4, -0.2) is 25.0 Å². The Bertz CT molecular complexity index is 420. The van der Waals surface area contributed by atoms with E-state index in [1.165, 1.54) is 63.6 Å². The number of hydrogen-bond donors (Lipinski definition) is 0. The summed E-state index contributed by atoms with van der Waals surface area (Å²) >= 11 is 0. The highest BCUT2D eigenvalue weighted by molar-refractivity contribution is 5.30.